The topological polar surface area (TPSA) is 68.7 Å². The van der Waals surface area contributed by atoms with E-state index in [0.717, 1.165) is 4.47 Å². The molecule has 1 N–H and O–H groups in total. The van der Waals surface area contributed by atoms with Crippen LogP contribution < -0.4 is 9.47 Å². The quantitative estimate of drug-likeness (QED) is 0.934. The molecule has 0 radical (unpaired) electrons. The van der Waals surface area contributed by atoms with Crippen LogP contribution in [-0.2, 0) is 0 Å². The SMILES string of the molecule is COc1ccc(Oc2ccc(C(=O)O)cn2)c(Br)c1. The van der Waals surface area contributed by atoms with Crippen LogP contribution in [0.3, 0.4) is 0 Å². The Kier molecular flexibility index (Phi) is 4.01. The van der Waals surface area contributed by atoms with Gasteiger partial charge in [-0.25, -0.2) is 9.78 Å². The molecule has 0 saturated heterocycles. The van der Waals surface area contributed by atoms with Gasteiger partial charge in [-0.05, 0) is 40.2 Å². The first-order chi connectivity index (χ1) is 9.10. The lowest BCUT2D eigenvalue weighted by Gasteiger charge is -2.08. The van der Waals surface area contributed by atoms with E-state index in [4.69, 9.17) is 14.6 Å². The zero-order chi connectivity index (χ0) is 13.8. The van der Waals surface area contributed by atoms with E-state index in [1.54, 1.807) is 25.3 Å². The summed E-state index contributed by atoms with van der Waals surface area (Å²) in [5.41, 5.74) is 0.112. The molecule has 1 aromatic carbocycles. The highest BCUT2D eigenvalue weighted by Crippen LogP contribution is 2.31. The number of carbonyl (C=O) groups is 1. The van der Waals surface area contributed by atoms with Crippen molar-refractivity contribution in [3.8, 4) is 17.4 Å². The molecule has 1 aromatic heterocycles. The average Bonchev–Trinajstić information content (AvgIpc) is 2.41. The Morgan fingerprint density at radius 3 is 2.63 bits per heavy atom. The standard InChI is InChI=1S/C13H10BrNO4/c1-18-9-3-4-11(10(14)6-9)19-12-5-2-8(7-15-12)13(16)17/h2-7H,1H3,(H,16,17). The monoisotopic (exact) mass is 323 g/mol. The summed E-state index contributed by atoms with van der Waals surface area (Å²) in [6.45, 7) is 0. The fourth-order valence-electron chi connectivity index (χ4n) is 1.37. The molecule has 0 spiro atoms. The molecule has 2 rings (SSSR count). The lowest BCUT2D eigenvalue weighted by molar-refractivity contribution is 0.0696. The highest BCUT2D eigenvalue weighted by atomic mass is 79.9. The van der Waals surface area contributed by atoms with Gasteiger partial charge in [0.15, 0.2) is 0 Å². The van der Waals surface area contributed by atoms with Gasteiger partial charge in [0, 0.05) is 12.3 Å². The molecule has 0 aliphatic heterocycles. The summed E-state index contributed by atoms with van der Waals surface area (Å²) < 4.78 is 11.3. The summed E-state index contributed by atoms with van der Waals surface area (Å²) >= 11 is 3.36. The first-order valence-corrected chi connectivity index (χ1v) is 6.10. The van der Waals surface area contributed by atoms with Crippen LogP contribution in [0.2, 0.25) is 0 Å². The van der Waals surface area contributed by atoms with Crippen molar-refractivity contribution in [1.29, 1.82) is 0 Å². The van der Waals surface area contributed by atoms with Gasteiger partial charge in [-0.15, -0.1) is 0 Å². The zero-order valence-electron chi connectivity index (χ0n) is 9.96. The van der Waals surface area contributed by atoms with Gasteiger partial charge in [-0.3, -0.25) is 0 Å². The molecule has 6 heteroatoms. The Bertz CT molecular complexity index is 598. The third kappa shape index (κ3) is 3.23. The summed E-state index contributed by atoms with van der Waals surface area (Å²) in [7, 11) is 1.58. The number of ether oxygens (including phenoxy) is 2. The number of benzene rings is 1. The fraction of sp³-hybridized carbons (Fsp3) is 0.0769. The third-order valence-electron chi connectivity index (χ3n) is 2.34. The number of methoxy groups -OCH3 is 1. The largest absolute Gasteiger partial charge is 0.497 e. The molecule has 1 heterocycles. The van der Waals surface area contributed by atoms with Crippen molar-refractivity contribution in [3.05, 3.63) is 46.6 Å². The van der Waals surface area contributed by atoms with Gasteiger partial charge in [-0.1, -0.05) is 0 Å². The molecule has 0 amide bonds. The number of pyridine rings is 1. The summed E-state index contributed by atoms with van der Waals surface area (Å²) in [5, 5.41) is 8.77. The molecule has 2 aromatic rings. The molecule has 98 valence electrons. The highest BCUT2D eigenvalue weighted by molar-refractivity contribution is 9.10. The molecule has 0 aliphatic carbocycles. The second-order valence-corrected chi connectivity index (χ2v) is 4.44. The van der Waals surface area contributed by atoms with Crippen molar-refractivity contribution in [3.63, 3.8) is 0 Å². The first kappa shape index (κ1) is 13.4. The van der Waals surface area contributed by atoms with E-state index in [0.29, 0.717) is 17.4 Å². The number of rotatable bonds is 4. The molecule has 0 atom stereocenters. The van der Waals surface area contributed by atoms with E-state index in [9.17, 15) is 4.79 Å². The maximum Gasteiger partial charge on any atom is 0.337 e. The number of aromatic carboxylic acids is 1. The summed E-state index contributed by atoms with van der Waals surface area (Å²) in [6.07, 6.45) is 1.25. The van der Waals surface area contributed by atoms with Crippen LogP contribution in [0.4, 0.5) is 0 Å². The van der Waals surface area contributed by atoms with E-state index >= 15 is 0 Å². The number of aromatic nitrogens is 1. The van der Waals surface area contributed by atoms with Crippen molar-refractivity contribution < 1.29 is 19.4 Å². The maximum absolute atomic E-state index is 10.7. The number of carboxylic acids is 1. The minimum atomic E-state index is -1.02. The molecule has 0 aliphatic rings. The minimum absolute atomic E-state index is 0.112. The van der Waals surface area contributed by atoms with Crippen molar-refractivity contribution >= 4 is 21.9 Å². The minimum Gasteiger partial charge on any atom is -0.497 e. The Hall–Kier alpha value is -2.08. The van der Waals surface area contributed by atoms with Gasteiger partial charge in [0.2, 0.25) is 5.88 Å². The van der Waals surface area contributed by atoms with E-state index in [1.165, 1.54) is 18.3 Å². The summed E-state index contributed by atoms with van der Waals surface area (Å²) in [5.74, 6) is 0.560. The molecular formula is C13H10BrNO4. The molecular weight excluding hydrogens is 314 g/mol. The number of nitrogens with zero attached hydrogens (tertiary/aromatic N) is 1. The third-order valence-corrected chi connectivity index (χ3v) is 2.96. The lowest BCUT2D eigenvalue weighted by Crippen LogP contribution is -1.97. The van der Waals surface area contributed by atoms with Gasteiger partial charge in [0.25, 0.3) is 0 Å². The van der Waals surface area contributed by atoms with E-state index in [-0.39, 0.29) is 5.56 Å². The molecule has 0 bridgehead atoms. The summed E-state index contributed by atoms with van der Waals surface area (Å²) in [6, 6.07) is 8.19. The van der Waals surface area contributed by atoms with Crippen LogP contribution in [0.5, 0.6) is 17.4 Å². The van der Waals surface area contributed by atoms with E-state index < -0.39 is 5.97 Å². The van der Waals surface area contributed by atoms with Gasteiger partial charge < -0.3 is 14.6 Å². The smallest absolute Gasteiger partial charge is 0.337 e. The second kappa shape index (κ2) is 5.71. The fourth-order valence-corrected chi connectivity index (χ4v) is 1.81. The lowest BCUT2D eigenvalue weighted by atomic mass is 10.3. The predicted molar refractivity (Wildman–Crippen MR) is 72.0 cm³/mol. The average molecular weight is 324 g/mol. The van der Waals surface area contributed by atoms with Crippen LogP contribution in [-0.4, -0.2) is 23.2 Å². The van der Waals surface area contributed by atoms with Gasteiger partial charge in [0.05, 0.1) is 17.1 Å². The molecule has 19 heavy (non-hydrogen) atoms. The molecule has 0 saturated carbocycles. The van der Waals surface area contributed by atoms with Crippen LogP contribution in [0.15, 0.2) is 41.0 Å². The Morgan fingerprint density at radius 2 is 2.11 bits per heavy atom. The van der Waals surface area contributed by atoms with Crippen LogP contribution >= 0.6 is 15.9 Å². The number of carboxylic acid groups (broad SMARTS) is 1. The first-order valence-electron chi connectivity index (χ1n) is 5.31. The van der Waals surface area contributed by atoms with Crippen LogP contribution in [0.25, 0.3) is 0 Å². The van der Waals surface area contributed by atoms with Crippen molar-refractivity contribution in [2.75, 3.05) is 7.11 Å². The predicted octanol–water partition coefficient (Wildman–Crippen LogP) is 3.34. The second-order valence-electron chi connectivity index (χ2n) is 3.59. The Balaban J connectivity index is 2.19. The molecule has 5 nitrogen and oxygen atoms in total. The van der Waals surface area contributed by atoms with Crippen molar-refractivity contribution in [1.82, 2.24) is 4.98 Å². The van der Waals surface area contributed by atoms with Crippen LogP contribution in [0.1, 0.15) is 10.4 Å². The molecule has 0 fully saturated rings. The zero-order valence-corrected chi connectivity index (χ0v) is 11.5. The van der Waals surface area contributed by atoms with E-state index in [2.05, 4.69) is 20.9 Å². The number of hydrogen-bond acceptors (Lipinski definition) is 4. The normalized spacial score (nSPS) is 10.0. The van der Waals surface area contributed by atoms with E-state index in [1.807, 2.05) is 0 Å². The summed E-state index contributed by atoms with van der Waals surface area (Å²) in [4.78, 5) is 14.6. The Labute approximate surface area is 117 Å². The Morgan fingerprint density at radius 1 is 1.32 bits per heavy atom. The number of hydrogen-bond donors (Lipinski definition) is 1. The van der Waals surface area contributed by atoms with Crippen LogP contribution in [0, 0.1) is 0 Å². The number of halogens is 1. The van der Waals surface area contributed by atoms with Crippen molar-refractivity contribution in [2.24, 2.45) is 0 Å². The van der Waals surface area contributed by atoms with Gasteiger partial charge in [0.1, 0.15) is 11.5 Å². The van der Waals surface area contributed by atoms with Crippen molar-refractivity contribution in [2.45, 2.75) is 0 Å². The maximum atomic E-state index is 10.7. The van der Waals surface area contributed by atoms with Gasteiger partial charge >= 0.3 is 5.97 Å². The van der Waals surface area contributed by atoms with Gasteiger partial charge in [-0.2, -0.15) is 0 Å². The molecule has 0 unspecified atom stereocenters. The highest BCUT2D eigenvalue weighted by Gasteiger charge is 2.07.